The summed E-state index contributed by atoms with van der Waals surface area (Å²) in [4.78, 5) is 12.5. The number of anilines is 1. The summed E-state index contributed by atoms with van der Waals surface area (Å²) in [6.45, 7) is 2.23. The Labute approximate surface area is 113 Å². The Kier molecular flexibility index (Phi) is 5.35. The number of hydrogen-bond acceptors (Lipinski definition) is 4. The highest BCUT2D eigenvalue weighted by atomic mass is 32.2. The van der Waals surface area contributed by atoms with Gasteiger partial charge in [-0.15, -0.1) is 0 Å². The number of carboxylic acid groups (broad SMARTS) is 1. The fraction of sp³-hybridized carbons (Fsp3) is 0.462. The molecule has 0 fully saturated rings. The second kappa shape index (κ2) is 6.56. The van der Waals surface area contributed by atoms with E-state index in [0.717, 1.165) is 11.3 Å². The van der Waals surface area contributed by atoms with Crippen LogP contribution in [0.1, 0.15) is 12.0 Å². The topological polar surface area (TPSA) is 74.7 Å². The van der Waals surface area contributed by atoms with Gasteiger partial charge in [0.05, 0.1) is 5.75 Å². The van der Waals surface area contributed by atoms with Crippen molar-refractivity contribution in [1.82, 2.24) is 0 Å². The van der Waals surface area contributed by atoms with Crippen molar-refractivity contribution in [2.75, 3.05) is 30.0 Å². The van der Waals surface area contributed by atoms with Crippen molar-refractivity contribution in [2.24, 2.45) is 0 Å². The first-order valence-corrected chi connectivity index (χ1v) is 8.05. The molecule has 0 saturated carbocycles. The van der Waals surface area contributed by atoms with Crippen LogP contribution in [0.5, 0.6) is 0 Å². The summed E-state index contributed by atoms with van der Waals surface area (Å²) in [5.74, 6) is -0.866. The Morgan fingerprint density at radius 1 is 1.26 bits per heavy atom. The lowest BCUT2D eigenvalue weighted by Gasteiger charge is -2.22. The van der Waals surface area contributed by atoms with Gasteiger partial charge in [0, 0.05) is 18.5 Å². The molecule has 0 saturated heterocycles. The van der Waals surface area contributed by atoms with Crippen molar-refractivity contribution in [1.29, 1.82) is 0 Å². The summed E-state index contributed by atoms with van der Waals surface area (Å²) in [7, 11) is -3.01. The Bertz CT molecular complexity index is 522. The van der Waals surface area contributed by atoms with Crippen LogP contribution in [0.25, 0.3) is 0 Å². The first kappa shape index (κ1) is 15.5. The van der Waals surface area contributed by atoms with Crippen molar-refractivity contribution >= 4 is 21.5 Å². The molecule has 6 heteroatoms. The van der Waals surface area contributed by atoms with Crippen LogP contribution >= 0.6 is 0 Å². The zero-order chi connectivity index (χ0) is 14.5. The summed E-state index contributed by atoms with van der Waals surface area (Å²) in [5.41, 5.74) is 1.89. The average Bonchev–Trinajstić information content (AvgIpc) is 2.26. The number of sulfone groups is 1. The number of benzene rings is 1. The zero-order valence-corrected chi connectivity index (χ0v) is 12.0. The van der Waals surface area contributed by atoms with Crippen LogP contribution in [0.4, 0.5) is 5.69 Å². The maximum atomic E-state index is 11.1. The Balaban J connectivity index is 2.72. The first-order valence-electron chi connectivity index (χ1n) is 5.99. The normalized spacial score (nSPS) is 11.3. The standard InChI is InChI=1S/C13H19NO4S/c1-11-4-6-12(7-5-11)14(10-13(15)16)8-3-9-19(2,17)18/h4-7H,3,8-10H2,1-2H3,(H,15,16). The van der Waals surface area contributed by atoms with Crippen molar-refractivity contribution in [3.05, 3.63) is 29.8 Å². The van der Waals surface area contributed by atoms with E-state index in [0.29, 0.717) is 13.0 Å². The van der Waals surface area contributed by atoms with Gasteiger partial charge in [0.1, 0.15) is 16.4 Å². The van der Waals surface area contributed by atoms with Crippen LogP contribution in [0.2, 0.25) is 0 Å². The van der Waals surface area contributed by atoms with E-state index in [1.807, 2.05) is 31.2 Å². The molecule has 0 amide bonds. The van der Waals surface area contributed by atoms with E-state index in [9.17, 15) is 13.2 Å². The molecule has 0 unspecified atom stereocenters. The molecule has 0 aromatic heterocycles. The molecule has 1 N–H and O–H groups in total. The number of hydrogen-bond donors (Lipinski definition) is 1. The average molecular weight is 285 g/mol. The SMILES string of the molecule is Cc1ccc(N(CCCS(C)(=O)=O)CC(=O)O)cc1. The van der Waals surface area contributed by atoms with Crippen LogP contribution in [0.15, 0.2) is 24.3 Å². The van der Waals surface area contributed by atoms with E-state index in [2.05, 4.69) is 0 Å². The summed E-state index contributed by atoms with van der Waals surface area (Å²) < 4.78 is 22.2. The first-order chi connectivity index (χ1) is 8.78. The number of rotatable bonds is 7. The van der Waals surface area contributed by atoms with Gasteiger partial charge in [-0.25, -0.2) is 8.42 Å². The van der Waals surface area contributed by atoms with Crippen LogP contribution in [-0.2, 0) is 14.6 Å². The predicted molar refractivity (Wildman–Crippen MR) is 75.4 cm³/mol. The van der Waals surface area contributed by atoms with E-state index < -0.39 is 15.8 Å². The Morgan fingerprint density at radius 3 is 2.32 bits per heavy atom. The van der Waals surface area contributed by atoms with Gasteiger partial charge in [-0.3, -0.25) is 4.79 Å². The minimum atomic E-state index is -3.01. The molecule has 0 heterocycles. The quantitative estimate of drug-likeness (QED) is 0.818. The van der Waals surface area contributed by atoms with E-state index in [1.165, 1.54) is 6.26 Å². The molecule has 1 aromatic carbocycles. The van der Waals surface area contributed by atoms with Gasteiger partial charge in [0.15, 0.2) is 0 Å². The Morgan fingerprint density at radius 2 is 1.84 bits per heavy atom. The molecular formula is C13H19NO4S. The maximum absolute atomic E-state index is 11.1. The molecule has 0 aliphatic heterocycles. The third-order valence-electron chi connectivity index (χ3n) is 2.67. The molecule has 1 rings (SSSR count). The molecule has 0 bridgehead atoms. The van der Waals surface area contributed by atoms with Gasteiger partial charge < -0.3 is 10.0 Å². The lowest BCUT2D eigenvalue weighted by molar-refractivity contribution is -0.135. The lowest BCUT2D eigenvalue weighted by atomic mass is 10.2. The van der Waals surface area contributed by atoms with Crippen molar-refractivity contribution in [3.63, 3.8) is 0 Å². The number of nitrogens with zero attached hydrogens (tertiary/aromatic N) is 1. The van der Waals surface area contributed by atoms with E-state index in [-0.39, 0.29) is 12.3 Å². The van der Waals surface area contributed by atoms with Gasteiger partial charge >= 0.3 is 5.97 Å². The molecule has 106 valence electrons. The van der Waals surface area contributed by atoms with Crippen molar-refractivity contribution in [3.8, 4) is 0 Å². The predicted octanol–water partition coefficient (Wildman–Crippen LogP) is 1.32. The number of aryl methyl sites for hydroxylation is 1. The third-order valence-corrected chi connectivity index (χ3v) is 3.70. The fourth-order valence-corrected chi connectivity index (χ4v) is 2.39. The largest absolute Gasteiger partial charge is 0.480 e. The number of aliphatic carboxylic acids is 1. The van der Waals surface area contributed by atoms with Crippen LogP contribution in [-0.4, -0.2) is 44.6 Å². The molecule has 5 nitrogen and oxygen atoms in total. The maximum Gasteiger partial charge on any atom is 0.323 e. The minimum Gasteiger partial charge on any atom is -0.480 e. The second-order valence-corrected chi connectivity index (χ2v) is 6.89. The molecule has 19 heavy (non-hydrogen) atoms. The molecule has 0 aliphatic rings. The molecule has 0 spiro atoms. The smallest absolute Gasteiger partial charge is 0.323 e. The monoisotopic (exact) mass is 285 g/mol. The molecule has 1 aromatic rings. The molecule has 0 atom stereocenters. The zero-order valence-electron chi connectivity index (χ0n) is 11.2. The summed E-state index contributed by atoms with van der Waals surface area (Å²) >= 11 is 0. The van der Waals surface area contributed by atoms with Crippen molar-refractivity contribution in [2.45, 2.75) is 13.3 Å². The third kappa shape index (κ3) is 6.24. The van der Waals surface area contributed by atoms with Crippen LogP contribution in [0, 0.1) is 6.92 Å². The van der Waals surface area contributed by atoms with Gasteiger partial charge in [-0.05, 0) is 25.5 Å². The molecular weight excluding hydrogens is 266 g/mol. The molecule has 0 aliphatic carbocycles. The second-order valence-electron chi connectivity index (χ2n) is 4.63. The van der Waals surface area contributed by atoms with Gasteiger partial charge in [-0.1, -0.05) is 17.7 Å². The highest BCUT2D eigenvalue weighted by Gasteiger charge is 2.11. The fourth-order valence-electron chi connectivity index (χ4n) is 1.74. The minimum absolute atomic E-state index is 0.0645. The van der Waals surface area contributed by atoms with E-state index in [4.69, 9.17) is 5.11 Å². The molecule has 0 radical (unpaired) electrons. The van der Waals surface area contributed by atoms with Crippen LogP contribution < -0.4 is 4.90 Å². The summed E-state index contributed by atoms with van der Waals surface area (Å²) in [5, 5.41) is 8.90. The highest BCUT2D eigenvalue weighted by Crippen LogP contribution is 2.15. The number of carbonyl (C=O) groups is 1. The van der Waals surface area contributed by atoms with Crippen molar-refractivity contribution < 1.29 is 18.3 Å². The van der Waals surface area contributed by atoms with Gasteiger partial charge in [0.2, 0.25) is 0 Å². The summed E-state index contributed by atoms with van der Waals surface area (Å²) in [6, 6.07) is 7.50. The number of carboxylic acids is 1. The van der Waals surface area contributed by atoms with Crippen LogP contribution in [0.3, 0.4) is 0 Å². The summed E-state index contributed by atoms with van der Waals surface area (Å²) in [6.07, 6.45) is 1.60. The van der Waals surface area contributed by atoms with E-state index in [1.54, 1.807) is 4.90 Å². The van der Waals surface area contributed by atoms with Gasteiger partial charge in [0.25, 0.3) is 0 Å². The van der Waals surface area contributed by atoms with E-state index >= 15 is 0 Å². The lowest BCUT2D eigenvalue weighted by Crippen LogP contribution is -2.31. The highest BCUT2D eigenvalue weighted by molar-refractivity contribution is 7.90. The van der Waals surface area contributed by atoms with Gasteiger partial charge in [-0.2, -0.15) is 0 Å². The Hall–Kier alpha value is -1.56.